The van der Waals surface area contributed by atoms with E-state index in [-0.39, 0.29) is 11.7 Å². The van der Waals surface area contributed by atoms with Gasteiger partial charge in [-0.1, -0.05) is 29.8 Å². The fourth-order valence-electron chi connectivity index (χ4n) is 2.67. The Bertz CT molecular complexity index is 981. The maximum Gasteiger partial charge on any atom is 0.251 e. The van der Waals surface area contributed by atoms with Crippen LogP contribution >= 0.6 is 11.6 Å². The highest BCUT2D eigenvalue weighted by molar-refractivity contribution is 6.31. The number of anilines is 2. The van der Waals surface area contributed by atoms with Gasteiger partial charge >= 0.3 is 0 Å². The van der Waals surface area contributed by atoms with Crippen molar-refractivity contribution in [1.82, 2.24) is 10.3 Å². The van der Waals surface area contributed by atoms with Crippen molar-refractivity contribution in [2.45, 2.75) is 6.42 Å². The molecule has 1 heterocycles. The predicted molar refractivity (Wildman–Crippen MR) is 108 cm³/mol. The first kappa shape index (κ1) is 19.6. The molecule has 0 aliphatic rings. The maximum absolute atomic E-state index is 13.6. The van der Waals surface area contributed by atoms with Gasteiger partial charge in [-0.05, 0) is 48.4 Å². The lowest BCUT2D eigenvalue weighted by Crippen LogP contribution is -2.26. The highest BCUT2D eigenvalue weighted by Gasteiger charge is 2.10. The van der Waals surface area contributed by atoms with Crippen molar-refractivity contribution >= 4 is 29.0 Å². The van der Waals surface area contributed by atoms with E-state index in [0.29, 0.717) is 46.4 Å². The highest BCUT2D eigenvalue weighted by atomic mass is 35.5. The molecule has 0 aliphatic carbocycles. The van der Waals surface area contributed by atoms with E-state index in [0.717, 1.165) is 0 Å². The molecule has 28 heavy (non-hydrogen) atoms. The number of amides is 1. The molecule has 2 aromatic carbocycles. The molecule has 3 rings (SSSR count). The van der Waals surface area contributed by atoms with Crippen molar-refractivity contribution in [3.63, 3.8) is 0 Å². The van der Waals surface area contributed by atoms with Crippen LogP contribution < -0.4 is 15.4 Å². The SMILES string of the molecule is COc1ccc(Cl)cc1Nc1cc(C(=O)NCCc2ccccc2F)ccn1. The number of aromatic nitrogens is 1. The summed E-state index contributed by atoms with van der Waals surface area (Å²) in [5, 5.41) is 6.44. The molecule has 7 heteroatoms. The third-order valence-corrected chi connectivity index (χ3v) is 4.32. The van der Waals surface area contributed by atoms with Gasteiger partial charge in [0.2, 0.25) is 0 Å². The summed E-state index contributed by atoms with van der Waals surface area (Å²) in [6.45, 7) is 0.326. The van der Waals surface area contributed by atoms with Crippen LogP contribution in [0.25, 0.3) is 0 Å². The summed E-state index contributed by atoms with van der Waals surface area (Å²) in [7, 11) is 1.56. The molecule has 0 saturated carbocycles. The molecule has 1 aromatic heterocycles. The van der Waals surface area contributed by atoms with Gasteiger partial charge in [0.05, 0.1) is 12.8 Å². The number of pyridine rings is 1. The Labute approximate surface area is 167 Å². The van der Waals surface area contributed by atoms with Gasteiger partial charge in [-0.25, -0.2) is 9.37 Å². The molecule has 3 aromatic rings. The molecular weight excluding hydrogens is 381 g/mol. The third-order valence-electron chi connectivity index (χ3n) is 4.08. The van der Waals surface area contributed by atoms with Crippen LogP contribution in [-0.2, 0) is 6.42 Å². The first-order chi connectivity index (χ1) is 13.6. The molecule has 5 nitrogen and oxygen atoms in total. The molecule has 0 saturated heterocycles. The van der Waals surface area contributed by atoms with Gasteiger partial charge in [0.25, 0.3) is 5.91 Å². The van der Waals surface area contributed by atoms with Gasteiger partial charge in [0.15, 0.2) is 0 Å². The van der Waals surface area contributed by atoms with Crippen LogP contribution in [-0.4, -0.2) is 24.5 Å². The summed E-state index contributed by atoms with van der Waals surface area (Å²) < 4.78 is 18.9. The quantitative estimate of drug-likeness (QED) is 0.609. The minimum atomic E-state index is -0.275. The van der Waals surface area contributed by atoms with Gasteiger partial charge in [-0.3, -0.25) is 4.79 Å². The molecule has 2 N–H and O–H groups in total. The van der Waals surface area contributed by atoms with Crippen molar-refractivity contribution in [3.05, 3.63) is 82.8 Å². The lowest BCUT2D eigenvalue weighted by Gasteiger charge is -2.12. The number of hydrogen-bond acceptors (Lipinski definition) is 4. The standard InChI is InChI=1S/C21H19ClFN3O2/c1-28-19-7-6-16(22)13-18(19)26-20-12-15(9-10-24-20)21(27)25-11-8-14-4-2-3-5-17(14)23/h2-7,9-10,12-13H,8,11H2,1H3,(H,24,26)(H,25,27). The molecule has 0 unspecified atom stereocenters. The van der Waals surface area contributed by atoms with Gasteiger partial charge in [0, 0.05) is 23.3 Å². The summed E-state index contributed by atoms with van der Waals surface area (Å²) in [5.74, 6) is 0.538. The first-order valence-electron chi connectivity index (χ1n) is 8.65. The van der Waals surface area contributed by atoms with Crippen LogP contribution in [0, 0.1) is 5.82 Å². The number of halogens is 2. The number of rotatable bonds is 7. The largest absolute Gasteiger partial charge is 0.495 e. The van der Waals surface area contributed by atoms with E-state index in [2.05, 4.69) is 15.6 Å². The van der Waals surface area contributed by atoms with Crippen LogP contribution in [0.1, 0.15) is 15.9 Å². The summed E-state index contributed by atoms with van der Waals surface area (Å²) in [6, 6.07) is 14.9. The van der Waals surface area contributed by atoms with Crippen LogP contribution in [0.2, 0.25) is 5.02 Å². The minimum Gasteiger partial charge on any atom is -0.495 e. The third kappa shape index (κ3) is 4.98. The number of methoxy groups -OCH3 is 1. The molecule has 144 valence electrons. The van der Waals surface area contributed by atoms with Gasteiger partial charge in [-0.15, -0.1) is 0 Å². The average Bonchev–Trinajstić information content (AvgIpc) is 2.70. The Morgan fingerprint density at radius 3 is 2.79 bits per heavy atom. The van der Waals surface area contributed by atoms with Crippen molar-refractivity contribution < 1.29 is 13.9 Å². The number of carbonyl (C=O) groups is 1. The van der Waals surface area contributed by atoms with Crippen molar-refractivity contribution in [2.75, 3.05) is 19.0 Å². The second kappa shape index (κ2) is 9.19. The van der Waals surface area contributed by atoms with E-state index >= 15 is 0 Å². The van der Waals surface area contributed by atoms with Crippen molar-refractivity contribution in [3.8, 4) is 5.75 Å². The first-order valence-corrected chi connectivity index (χ1v) is 9.03. The minimum absolute atomic E-state index is 0.264. The fraction of sp³-hybridized carbons (Fsp3) is 0.143. The molecule has 0 bridgehead atoms. The number of carbonyl (C=O) groups excluding carboxylic acids is 1. The number of nitrogens with zero attached hydrogens (tertiary/aromatic N) is 1. The number of ether oxygens (including phenoxy) is 1. The lowest BCUT2D eigenvalue weighted by molar-refractivity contribution is 0.0954. The number of nitrogens with one attached hydrogen (secondary N) is 2. The average molecular weight is 400 g/mol. The Hall–Kier alpha value is -3.12. The van der Waals surface area contributed by atoms with Crippen LogP contribution in [0.15, 0.2) is 60.8 Å². The van der Waals surface area contributed by atoms with Crippen LogP contribution in [0.4, 0.5) is 15.9 Å². The molecule has 0 atom stereocenters. The molecular formula is C21H19ClFN3O2. The predicted octanol–water partition coefficient (Wildman–Crippen LogP) is 4.60. The molecule has 0 spiro atoms. The lowest BCUT2D eigenvalue weighted by atomic mass is 10.1. The maximum atomic E-state index is 13.6. The van der Waals surface area contributed by atoms with Crippen LogP contribution in [0.5, 0.6) is 5.75 Å². The van der Waals surface area contributed by atoms with Gasteiger partial charge < -0.3 is 15.4 Å². The Balaban J connectivity index is 1.65. The van der Waals surface area contributed by atoms with Gasteiger partial charge in [0.1, 0.15) is 17.4 Å². The number of benzene rings is 2. The molecule has 0 aliphatic heterocycles. The van der Waals surface area contributed by atoms with E-state index in [4.69, 9.17) is 16.3 Å². The fourth-order valence-corrected chi connectivity index (χ4v) is 2.84. The normalized spacial score (nSPS) is 10.4. The molecule has 1 amide bonds. The van der Waals surface area contributed by atoms with Crippen molar-refractivity contribution in [2.24, 2.45) is 0 Å². The second-order valence-electron chi connectivity index (χ2n) is 6.00. The number of hydrogen-bond donors (Lipinski definition) is 2. The zero-order valence-electron chi connectivity index (χ0n) is 15.2. The zero-order chi connectivity index (χ0) is 19.9. The summed E-state index contributed by atoms with van der Waals surface area (Å²) in [5.41, 5.74) is 1.64. The van der Waals surface area contributed by atoms with E-state index in [1.807, 2.05) is 0 Å². The van der Waals surface area contributed by atoms with E-state index in [1.54, 1.807) is 55.6 Å². The topological polar surface area (TPSA) is 63.2 Å². The van der Waals surface area contributed by atoms with E-state index in [9.17, 15) is 9.18 Å². The van der Waals surface area contributed by atoms with E-state index < -0.39 is 0 Å². The smallest absolute Gasteiger partial charge is 0.251 e. The molecule has 0 fully saturated rings. The van der Waals surface area contributed by atoms with Crippen molar-refractivity contribution in [1.29, 1.82) is 0 Å². The Morgan fingerprint density at radius 2 is 2.00 bits per heavy atom. The Morgan fingerprint density at radius 1 is 1.18 bits per heavy atom. The molecule has 0 radical (unpaired) electrons. The summed E-state index contributed by atoms with van der Waals surface area (Å²) in [6.07, 6.45) is 1.94. The monoisotopic (exact) mass is 399 g/mol. The summed E-state index contributed by atoms with van der Waals surface area (Å²) in [4.78, 5) is 16.6. The van der Waals surface area contributed by atoms with E-state index in [1.165, 1.54) is 12.3 Å². The summed E-state index contributed by atoms with van der Waals surface area (Å²) >= 11 is 6.03. The Kier molecular flexibility index (Phi) is 6.45. The zero-order valence-corrected chi connectivity index (χ0v) is 16.0. The second-order valence-corrected chi connectivity index (χ2v) is 6.43. The highest BCUT2D eigenvalue weighted by Crippen LogP contribution is 2.30. The van der Waals surface area contributed by atoms with Gasteiger partial charge in [-0.2, -0.15) is 0 Å². The van der Waals surface area contributed by atoms with Crippen LogP contribution in [0.3, 0.4) is 0 Å².